The second-order valence-electron chi connectivity index (χ2n) is 4.25. The van der Waals surface area contributed by atoms with Crippen molar-refractivity contribution in [3.8, 4) is 0 Å². The minimum Gasteiger partial charge on any atom is -0.370 e. The fraction of sp³-hybridized carbons (Fsp3) is 0.429. The average Bonchev–Trinajstić information content (AvgIpc) is 2.30. The maximum Gasteiger partial charge on any atom is 0.0842 e. The van der Waals surface area contributed by atoms with E-state index in [1.54, 1.807) is 0 Å². The van der Waals surface area contributed by atoms with Gasteiger partial charge in [-0.25, -0.2) is 0 Å². The lowest BCUT2D eigenvalue weighted by Crippen LogP contribution is -2.28. The molecule has 0 N–H and O–H groups in total. The van der Waals surface area contributed by atoms with Gasteiger partial charge in [0, 0.05) is 5.38 Å². The smallest absolute Gasteiger partial charge is 0.0842 e. The number of ether oxygens (including phenoxy) is 1. The predicted octanol–water partition coefficient (Wildman–Crippen LogP) is 4.09. The Bertz CT molecular complexity index is 336. The molecule has 1 heterocycles. The first kappa shape index (κ1) is 11.7. The van der Waals surface area contributed by atoms with E-state index < -0.39 is 0 Å². The van der Waals surface area contributed by atoms with Crippen LogP contribution in [0.2, 0.25) is 0 Å². The lowest BCUT2D eigenvalue weighted by Gasteiger charge is -2.32. The second kappa shape index (κ2) is 5.51. The number of halogens is 1. The summed E-state index contributed by atoms with van der Waals surface area (Å²) in [6, 6.07) is 10.3. The van der Waals surface area contributed by atoms with Gasteiger partial charge >= 0.3 is 0 Å². The molecule has 1 nitrogen and oxygen atoms in total. The first-order valence-electron chi connectivity index (χ1n) is 5.75. The van der Waals surface area contributed by atoms with Gasteiger partial charge in [0.05, 0.1) is 12.2 Å². The molecular weight excluding hydrogens is 220 g/mol. The Morgan fingerprint density at radius 2 is 2.06 bits per heavy atom. The molecule has 2 heteroatoms. The van der Waals surface area contributed by atoms with Crippen LogP contribution in [-0.4, -0.2) is 11.5 Å². The normalized spacial score (nSPS) is 29.9. The van der Waals surface area contributed by atoms with Gasteiger partial charge in [-0.15, -0.1) is 18.2 Å². The summed E-state index contributed by atoms with van der Waals surface area (Å²) in [7, 11) is 0. The first-order chi connectivity index (χ1) is 7.79. The molecule has 0 bridgehead atoms. The Balaban J connectivity index is 2.07. The highest BCUT2D eigenvalue weighted by atomic mass is 35.5. The molecule has 0 spiro atoms. The molecular formula is C14H17ClO. The third kappa shape index (κ3) is 2.87. The molecule has 0 amide bonds. The highest BCUT2D eigenvalue weighted by molar-refractivity contribution is 6.20. The quantitative estimate of drug-likeness (QED) is 0.567. The summed E-state index contributed by atoms with van der Waals surface area (Å²) in [4.78, 5) is 0. The zero-order valence-corrected chi connectivity index (χ0v) is 10.1. The van der Waals surface area contributed by atoms with Crippen molar-refractivity contribution in [2.75, 3.05) is 0 Å². The van der Waals surface area contributed by atoms with E-state index in [0.29, 0.717) is 0 Å². The molecule has 1 aromatic carbocycles. The van der Waals surface area contributed by atoms with Crippen molar-refractivity contribution in [3.05, 3.63) is 48.6 Å². The highest BCUT2D eigenvalue weighted by Gasteiger charge is 2.28. The Morgan fingerprint density at radius 1 is 1.31 bits per heavy atom. The number of hydrogen-bond acceptors (Lipinski definition) is 1. The minimum absolute atomic E-state index is 0.141. The van der Waals surface area contributed by atoms with E-state index in [1.165, 1.54) is 5.56 Å². The lowest BCUT2D eigenvalue weighted by molar-refractivity contribution is -0.0475. The number of hydrogen-bond donors (Lipinski definition) is 0. The first-order valence-corrected chi connectivity index (χ1v) is 6.18. The van der Waals surface area contributed by atoms with E-state index in [4.69, 9.17) is 16.3 Å². The number of rotatable bonds is 3. The maximum atomic E-state index is 6.28. The zero-order valence-electron chi connectivity index (χ0n) is 9.31. The molecule has 1 fully saturated rings. The molecule has 0 radical (unpaired) electrons. The van der Waals surface area contributed by atoms with Crippen molar-refractivity contribution < 1.29 is 4.74 Å². The maximum absolute atomic E-state index is 6.28. The van der Waals surface area contributed by atoms with E-state index >= 15 is 0 Å². The summed E-state index contributed by atoms with van der Waals surface area (Å²) in [5, 5.41) is 0.212. The predicted molar refractivity (Wildman–Crippen MR) is 67.7 cm³/mol. The summed E-state index contributed by atoms with van der Waals surface area (Å²) >= 11 is 6.28. The van der Waals surface area contributed by atoms with Gasteiger partial charge in [0.2, 0.25) is 0 Å². The van der Waals surface area contributed by atoms with Gasteiger partial charge in [-0.2, -0.15) is 0 Å². The van der Waals surface area contributed by atoms with E-state index in [2.05, 4.69) is 18.7 Å². The van der Waals surface area contributed by atoms with E-state index in [0.717, 1.165) is 19.3 Å². The number of alkyl halides is 1. The molecule has 1 aliphatic heterocycles. The van der Waals surface area contributed by atoms with Crippen LogP contribution >= 0.6 is 11.6 Å². The molecule has 3 atom stereocenters. The fourth-order valence-electron chi connectivity index (χ4n) is 2.18. The van der Waals surface area contributed by atoms with Crippen molar-refractivity contribution >= 4 is 11.6 Å². The van der Waals surface area contributed by atoms with Gasteiger partial charge < -0.3 is 4.74 Å². The molecule has 16 heavy (non-hydrogen) atoms. The molecule has 0 aromatic heterocycles. The molecule has 3 unspecified atom stereocenters. The summed E-state index contributed by atoms with van der Waals surface area (Å²) < 4.78 is 6.03. The summed E-state index contributed by atoms with van der Waals surface area (Å²) in [6.45, 7) is 3.75. The van der Waals surface area contributed by atoms with Crippen molar-refractivity contribution in [3.63, 3.8) is 0 Å². The van der Waals surface area contributed by atoms with Gasteiger partial charge in [-0.05, 0) is 24.8 Å². The molecule has 1 aliphatic rings. The Kier molecular flexibility index (Phi) is 4.03. The van der Waals surface area contributed by atoms with Crippen molar-refractivity contribution in [1.29, 1.82) is 0 Å². The van der Waals surface area contributed by atoms with Crippen LogP contribution < -0.4 is 0 Å². The van der Waals surface area contributed by atoms with E-state index in [1.807, 2.05) is 24.3 Å². The van der Waals surface area contributed by atoms with Crippen LogP contribution in [0.5, 0.6) is 0 Å². The number of benzene rings is 1. The SMILES string of the molecule is C=CCC1CC(Cl)CC(c2ccccc2)O1. The monoisotopic (exact) mass is 236 g/mol. The largest absolute Gasteiger partial charge is 0.370 e. The zero-order chi connectivity index (χ0) is 11.4. The second-order valence-corrected chi connectivity index (χ2v) is 4.87. The third-order valence-electron chi connectivity index (χ3n) is 2.95. The van der Waals surface area contributed by atoms with Crippen LogP contribution in [0.1, 0.15) is 30.9 Å². The van der Waals surface area contributed by atoms with Crippen LogP contribution in [0, 0.1) is 0 Å². The van der Waals surface area contributed by atoms with Crippen LogP contribution in [0.4, 0.5) is 0 Å². The topological polar surface area (TPSA) is 9.23 Å². The van der Waals surface area contributed by atoms with E-state index in [-0.39, 0.29) is 17.6 Å². The van der Waals surface area contributed by atoms with Crippen LogP contribution in [0.3, 0.4) is 0 Å². The van der Waals surface area contributed by atoms with Gasteiger partial charge in [0.15, 0.2) is 0 Å². The molecule has 86 valence electrons. The van der Waals surface area contributed by atoms with Crippen LogP contribution in [-0.2, 0) is 4.74 Å². The van der Waals surface area contributed by atoms with Gasteiger partial charge in [0.25, 0.3) is 0 Å². The average molecular weight is 237 g/mol. The molecule has 2 rings (SSSR count). The summed E-state index contributed by atoms with van der Waals surface area (Å²) in [5.74, 6) is 0. The van der Waals surface area contributed by atoms with Crippen LogP contribution in [0.15, 0.2) is 43.0 Å². The molecule has 1 aromatic rings. The summed E-state index contributed by atoms with van der Waals surface area (Å²) in [6.07, 6.45) is 4.98. The lowest BCUT2D eigenvalue weighted by atomic mass is 9.97. The minimum atomic E-state index is 0.141. The summed E-state index contributed by atoms with van der Waals surface area (Å²) in [5.41, 5.74) is 1.22. The van der Waals surface area contributed by atoms with Gasteiger partial charge in [-0.3, -0.25) is 0 Å². The fourth-order valence-corrected chi connectivity index (χ4v) is 2.54. The Labute approximate surface area is 102 Å². The van der Waals surface area contributed by atoms with Gasteiger partial charge in [0.1, 0.15) is 0 Å². The molecule has 0 aliphatic carbocycles. The molecule has 1 saturated heterocycles. The van der Waals surface area contributed by atoms with E-state index in [9.17, 15) is 0 Å². The Morgan fingerprint density at radius 3 is 2.75 bits per heavy atom. The van der Waals surface area contributed by atoms with Crippen molar-refractivity contribution in [2.45, 2.75) is 36.8 Å². The van der Waals surface area contributed by atoms with Gasteiger partial charge in [-0.1, -0.05) is 36.4 Å². The molecule has 0 saturated carbocycles. The third-order valence-corrected chi connectivity index (χ3v) is 3.30. The Hall–Kier alpha value is -0.790. The van der Waals surface area contributed by atoms with Crippen LogP contribution in [0.25, 0.3) is 0 Å². The highest BCUT2D eigenvalue weighted by Crippen LogP contribution is 2.34. The van der Waals surface area contributed by atoms with Crippen molar-refractivity contribution in [1.82, 2.24) is 0 Å². The standard InChI is InChI=1S/C14H17ClO/c1-2-6-13-9-12(15)10-14(16-13)11-7-4-3-5-8-11/h2-5,7-8,12-14H,1,6,9-10H2. The van der Waals surface area contributed by atoms with Crippen molar-refractivity contribution in [2.24, 2.45) is 0 Å².